The smallest absolute Gasteiger partial charge is 0.240 e. The van der Waals surface area contributed by atoms with Gasteiger partial charge in [-0.2, -0.15) is 0 Å². The third-order valence-corrected chi connectivity index (χ3v) is 4.66. The highest BCUT2D eigenvalue weighted by Crippen LogP contribution is 2.22. The van der Waals surface area contributed by atoms with Crippen molar-refractivity contribution in [1.29, 1.82) is 0 Å². The van der Waals surface area contributed by atoms with Crippen LogP contribution in [0.15, 0.2) is 6.33 Å². The fraction of sp³-hybridized carbons (Fsp3) is 0.733. The lowest BCUT2D eigenvalue weighted by atomic mass is 10.0. The third-order valence-electron chi connectivity index (χ3n) is 4.66. The number of fused-ring (bicyclic) bond motifs is 1. The monoisotopic (exact) mass is 276 g/mol. The minimum atomic E-state index is -0.0991. The van der Waals surface area contributed by atoms with Crippen LogP contribution in [-0.2, 0) is 17.8 Å². The highest BCUT2D eigenvalue weighted by Gasteiger charge is 2.32. The Kier molecular flexibility index (Phi) is 4.05. The molecule has 0 bridgehead atoms. The van der Waals surface area contributed by atoms with E-state index in [4.69, 9.17) is 0 Å². The van der Waals surface area contributed by atoms with Gasteiger partial charge in [0.05, 0.1) is 23.8 Å². The van der Waals surface area contributed by atoms with E-state index in [0.717, 1.165) is 43.7 Å². The van der Waals surface area contributed by atoms with E-state index in [-0.39, 0.29) is 11.9 Å². The van der Waals surface area contributed by atoms with Crippen LogP contribution in [0.5, 0.6) is 0 Å². The Hall–Kier alpha value is -1.36. The van der Waals surface area contributed by atoms with Gasteiger partial charge >= 0.3 is 0 Å². The van der Waals surface area contributed by atoms with Gasteiger partial charge in [-0.1, -0.05) is 19.8 Å². The maximum atomic E-state index is 12.8. The van der Waals surface area contributed by atoms with Gasteiger partial charge in [-0.3, -0.25) is 10.1 Å². The standard InChI is InChI=1S/C15H24N4O/c1-2-11-6-4-3-5-7-19(11)15(20)13-8-12-14(9-16-13)18-10-17-12/h10-11,13,16H,2-9H2,1H3,(H,17,18). The molecule has 3 rings (SSSR count). The molecule has 2 unspecified atom stereocenters. The van der Waals surface area contributed by atoms with Crippen molar-refractivity contribution < 1.29 is 4.79 Å². The number of carbonyl (C=O) groups is 1. The Bertz CT molecular complexity index is 470. The zero-order chi connectivity index (χ0) is 13.9. The first-order valence-corrected chi connectivity index (χ1v) is 7.84. The summed E-state index contributed by atoms with van der Waals surface area (Å²) in [5, 5.41) is 3.36. The number of hydrogen-bond acceptors (Lipinski definition) is 3. The van der Waals surface area contributed by atoms with Crippen LogP contribution in [0, 0.1) is 0 Å². The van der Waals surface area contributed by atoms with E-state index in [1.165, 1.54) is 12.8 Å². The molecule has 1 aromatic heterocycles. The topological polar surface area (TPSA) is 61.0 Å². The van der Waals surface area contributed by atoms with Crippen molar-refractivity contribution in [2.75, 3.05) is 6.54 Å². The second kappa shape index (κ2) is 5.95. The highest BCUT2D eigenvalue weighted by molar-refractivity contribution is 5.82. The fourth-order valence-electron chi connectivity index (χ4n) is 3.44. The maximum Gasteiger partial charge on any atom is 0.240 e. The number of aromatic nitrogens is 2. The van der Waals surface area contributed by atoms with Crippen LogP contribution < -0.4 is 5.32 Å². The summed E-state index contributed by atoms with van der Waals surface area (Å²) < 4.78 is 0. The van der Waals surface area contributed by atoms with Crippen LogP contribution in [0.2, 0.25) is 0 Å². The van der Waals surface area contributed by atoms with Crippen molar-refractivity contribution in [3.05, 3.63) is 17.7 Å². The lowest BCUT2D eigenvalue weighted by Crippen LogP contribution is -2.52. The molecular formula is C15H24N4O. The Balaban J connectivity index is 1.71. The van der Waals surface area contributed by atoms with Crippen LogP contribution in [0.3, 0.4) is 0 Å². The van der Waals surface area contributed by atoms with E-state index in [9.17, 15) is 4.79 Å². The molecule has 0 saturated carbocycles. The van der Waals surface area contributed by atoms with Gasteiger partial charge in [-0.15, -0.1) is 0 Å². The zero-order valence-corrected chi connectivity index (χ0v) is 12.2. The molecule has 5 nitrogen and oxygen atoms in total. The minimum absolute atomic E-state index is 0.0991. The average molecular weight is 276 g/mol. The molecule has 5 heteroatoms. The molecule has 2 aliphatic heterocycles. The van der Waals surface area contributed by atoms with Gasteiger partial charge in [-0.05, 0) is 19.3 Å². The van der Waals surface area contributed by atoms with Crippen molar-refractivity contribution in [2.24, 2.45) is 0 Å². The van der Waals surface area contributed by atoms with Gasteiger partial charge in [0.25, 0.3) is 0 Å². The summed E-state index contributed by atoms with van der Waals surface area (Å²) in [6.45, 7) is 3.83. The second-order valence-corrected chi connectivity index (χ2v) is 5.91. The quantitative estimate of drug-likeness (QED) is 0.862. The molecule has 1 aromatic rings. The minimum Gasteiger partial charge on any atom is -0.347 e. The molecule has 0 aliphatic carbocycles. The molecule has 0 aromatic carbocycles. The molecule has 1 fully saturated rings. The second-order valence-electron chi connectivity index (χ2n) is 5.91. The largest absolute Gasteiger partial charge is 0.347 e. The molecular weight excluding hydrogens is 252 g/mol. The van der Waals surface area contributed by atoms with E-state index in [0.29, 0.717) is 12.5 Å². The Labute approximate surface area is 120 Å². The normalized spacial score (nSPS) is 26.9. The van der Waals surface area contributed by atoms with Gasteiger partial charge in [0.2, 0.25) is 5.91 Å². The van der Waals surface area contributed by atoms with Crippen LogP contribution in [0.25, 0.3) is 0 Å². The number of imidazole rings is 1. The number of H-pyrrole nitrogens is 1. The third kappa shape index (κ3) is 2.59. The van der Waals surface area contributed by atoms with E-state index in [2.05, 4.69) is 27.1 Å². The molecule has 1 saturated heterocycles. The number of nitrogens with zero attached hydrogens (tertiary/aromatic N) is 2. The first-order chi connectivity index (χ1) is 9.79. The lowest BCUT2D eigenvalue weighted by Gasteiger charge is -2.34. The number of amides is 1. The Morgan fingerprint density at radius 3 is 3.20 bits per heavy atom. The first-order valence-electron chi connectivity index (χ1n) is 7.84. The Morgan fingerprint density at radius 2 is 2.35 bits per heavy atom. The van der Waals surface area contributed by atoms with Gasteiger partial charge in [0.15, 0.2) is 0 Å². The summed E-state index contributed by atoms with van der Waals surface area (Å²) in [5.41, 5.74) is 2.17. The van der Waals surface area contributed by atoms with Gasteiger partial charge in [0, 0.05) is 25.6 Å². The first kappa shape index (κ1) is 13.6. The fourth-order valence-corrected chi connectivity index (χ4v) is 3.44. The maximum absolute atomic E-state index is 12.8. The number of nitrogens with one attached hydrogen (secondary N) is 2. The van der Waals surface area contributed by atoms with Crippen LogP contribution >= 0.6 is 0 Å². The summed E-state index contributed by atoms with van der Waals surface area (Å²) in [7, 11) is 0. The summed E-state index contributed by atoms with van der Waals surface area (Å²) in [6, 6.07) is 0.324. The van der Waals surface area contributed by atoms with Crippen molar-refractivity contribution in [2.45, 2.75) is 64.1 Å². The Morgan fingerprint density at radius 1 is 1.45 bits per heavy atom. The van der Waals surface area contributed by atoms with Crippen LogP contribution in [0.1, 0.15) is 50.4 Å². The summed E-state index contributed by atoms with van der Waals surface area (Å²) >= 11 is 0. The van der Waals surface area contributed by atoms with Gasteiger partial charge in [-0.25, -0.2) is 4.98 Å². The van der Waals surface area contributed by atoms with Gasteiger partial charge in [0.1, 0.15) is 0 Å². The SMILES string of the molecule is CCC1CCCCCN1C(=O)C1Cc2nc[nH]c2CN1. The number of rotatable bonds is 2. The molecule has 2 N–H and O–H groups in total. The zero-order valence-electron chi connectivity index (χ0n) is 12.2. The number of hydrogen-bond donors (Lipinski definition) is 2. The van der Waals surface area contributed by atoms with Crippen LogP contribution in [0.4, 0.5) is 0 Å². The van der Waals surface area contributed by atoms with Crippen molar-refractivity contribution in [3.8, 4) is 0 Å². The molecule has 20 heavy (non-hydrogen) atoms. The number of carbonyl (C=O) groups excluding carboxylic acids is 1. The van der Waals surface area contributed by atoms with Crippen molar-refractivity contribution >= 4 is 5.91 Å². The summed E-state index contributed by atoms with van der Waals surface area (Å²) in [5.74, 6) is 0.271. The molecule has 3 heterocycles. The molecule has 110 valence electrons. The highest BCUT2D eigenvalue weighted by atomic mass is 16.2. The van der Waals surface area contributed by atoms with Crippen molar-refractivity contribution in [1.82, 2.24) is 20.2 Å². The average Bonchev–Trinajstić information content (AvgIpc) is 2.81. The molecule has 1 amide bonds. The van der Waals surface area contributed by atoms with E-state index in [1.54, 1.807) is 6.33 Å². The summed E-state index contributed by atoms with van der Waals surface area (Å²) in [4.78, 5) is 22.4. The molecule has 0 radical (unpaired) electrons. The molecule has 2 atom stereocenters. The van der Waals surface area contributed by atoms with E-state index < -0.39 is 0 Å². The predicted octanol–water partition coefficient (Wildman–Crippen LogP) is 1.61. The van der Waals surface area contributed by atoms with E-state index >= 15 is 0 Å². The van der Waals surface area contributed by atoms with Gasteiger partial charge < -0.3 is 9.88 Å². The van der Waals surface area contributed by atoms with Crippen molar-refractivity contribution in [3.63, 3.8) is 0 Å². The van der Waals surface area contributed by atoms with Crippen LogP contribution in [-0.4, -0.2) is 39.4 Å². The molecule has 2 aliphatic rings. The lowest BCUT2D eigenvalue weighted by molar-refractivity contribution is -0.136. The summed E-state index contributed by atoms with van der Waals surface area (Å²) in [6.07, 6.45) is 8.30. The number of aromatic amines is 1. The van der Waals surface area contributed by atoms with E-state index in [1.807, 2.05) is 0 Å². The predicted molar refractivity (Wildman–Crippen MR) is 77.2 cm³/mol. The number of likely N-dealkylation sites (tertiary alicyclic amines) is 1. The molecule has 0 spiro atoms.